The quantitative estimate of drug-likeness (QED) is 0.260. The van der Waals surface area contributed by atoms with E-state index >= 15 is 0 Å². The molecule has 0 aliphatic carbocycles. The van der Waals surface area contributed by atoms with Gasteiger partial charge in [-0.1, -0.05) is 108 Å². The second kappa shape index (κ2) is 10.3. The summed E-state index contributed by atoms with van der Waals surface area (Å²) in [6.45, 7) is 1.58. The van der Waals surface area contributed by atoms with Crippen LogP contribution in [0, 0.1) is 0 Å². The van der Waals surface area contributed by atoms with Gasteiger partial charge in [-0.25, -0.2) is 0 Å². The Labute approximate surface area is 194 Å². The second-order valence-electron chi connectivity index (χ2n) is 7.42. The van der Waals surface area contributed by atoms with Crippen LogP contribution in [0.2, 0.25) is 10.0 Å². The summed E-state index contributed by atoms with van der Waals surface area (Å²) in [4.78, 5) is 2.41. The van der Waals surface area contributed by atoms with Crippen molar-refractivity contribution in [2.45, 2.75) is 13.1 Å². The summed E-state index contributed by atoms with van der Waals surface area (Å²) in [5.74, 6) is 0. The third kappa shape index (κ3) is 6.01. The van der Waals surface area contributed by atoms with E-state index in [1.54, 1.807) is 0 Å². The highest BCUT2D eigenvalue weighted by Gasteiger charge is 2.14. The third-order valence-corrected chi connectivity index (χ3v) is 5.59. The summed E-state index contributed by atoms with van der Waals surface area (Å²) in [6.07, 6.45) is 2.21. The van der Waals surface area contributed by atoms with Crippen LogP contribution in [0.4, 0.5) is 0 Å². The molecule has 3 heteroatoms. The van der Waals surface area contributed by atoms with E-state index in [-0.39, 0.29) is 0 Å². The molecule has 0 N–H and O–H groups in total. The van der Waals surface area contributed by atoms with Gasteiger partial charge in [0, 0.05) is 28.8 Å². The average molecular weight is 444 g/mol. The first-order valence-electron chi connectivity index (χ1n) is 10.2. The van der Waals surface area contributed by atoms with E-state index in [1.807, 2.05) is 36.4 Å². The molecule has 0 fully saturated rings. The second-order valence-corrected chi connectivity index (χ2v) is 8.29. The summed E-state index contributed by atoms with van der Waals surface area (Å²) >= 11 is 12.3. The zero-order valence-electron chi connectivity index (χ0n) is 17.1. The van der Waals surface area contributed by atoms with E-state index in [2.05, 4.69) is 83.8 Å². The topological polar surface area (TPSA) is 3.24 Å². The monoisotopic (exact) mass is 443 g/mol. The average Bonchev–Trinajstić information content (AvgIpc) is 2.80. The smallest absolute Gasteiger partial charge is 0.0451 e. The molecule has 0 saturated carbocycles. The van der Waals surface area contributed by atoms with Crippen LogP contribution in [-0.2, 0) is 13.1 Å². The van der Waals surface area contributed by atoms with Crippen molar-refractivity contribution >= 4 is 35.0 Å². The van der Waals surface area contributed by atoms with Crippen LogP contribution in [0.3, 0.4) is 0 Å². The van der Waals surface area contributed by atoms with Crippen molar-refractivity contribution in [3.63, 3.8) is 0 Å². The van der Waals surface area contributed by atoms with Crippen LogP contribution >= 0.6 is 23.2 Å². The predicted octanol–water partition coefficient (Wildman–Crippen LogP) is 8.19. The molecule has 0 saturated heterocycles. The molecule has 0 unspecified atom stereocenters. The molecule has 0 aliphatic rings. The number of benzene rings is 4. The Morgan fingerprint density at radius 3 is 1.52 bits per heavy atom. The van der Waals surface area contributed by atoms with Gasteiger partial charge in [0.2, 0.25) is 0 Å². The Balaban J connectivity index is 1.79. The maximum atomic E-state index is 6.19. The van der Waals surface area contributed by atoms with Gasteiger partial charge in [-0.05, 0) is 52.6 Å². The van der Waals surface area contributed by atoms with Gasteiger partial charge in [0.05, 0.1) is 0 Å². The van der Waals surface area contributed by atoms with Crippen LogP contribution in [0.25, 0.3) is 11.8 Å². The standard InChI is InChI=1S/C28H23Cl2N/c29-26-15-11-22(12-16-26)19-28(25-13-17-27(30)18-14-25)31(20-23-7-3-1-4-8-23)21-24-9-5-2-6-10-24/h1-19H,20-21H2/b28-19+. The molecule has 154 valence electrons. The number of rotatable bonds is 7. The van der Waals surface area contributed by atoms with E-state index in [1.165, 1.54) is 11.1 Å². The van der Waals surface area contributed by atoms with Crippen LogP contribution < -0.4 is 0 Å². The minimum absolute atomic E-state index is 0.729. The van der Waals surface area contributed by atoms with Crippen molar-refractivity contribution < 1.29 is 0 Å². The van der Waals surface area contributed by atoms with Crippen LogP contribution in [-0.4, -0.2) is 4.90 Å². The van der Waals surface area contributed by atoms with Crippen LogP contribution in [0.1, 0.15) is 22.3 Å². The normalized spacial score (nSPS) is 11.4. The van der Waals surface area contributed by atoms with E-state index in [4.69, 9.17) is 23.2 Å². The highest BCUT2D eigenvalue weighted by atomic mass is 35.5. The van der Waals surface area contributed by atoms with E-state index in [0.29, 0.717) is 0 Å². The van der Waals surface area contributed by atoms with Gasteiger partial charge in [0.15, 0.2) is 0 Å². The zero-order chi connectivity index (χ0) is 21.5. The van der Waals surface area contributed by atoms with Gasteiger partial charge >= 0.3 is 0 Å². The van der Waals surface area contributed by atoms with Gasteiger partial charge in [-0.3, -0.25) is 0 Å². The number of nitrogens with zero attached hydrogens (tertiary/aromatic N) is 1. The molecule has 0 heterocycles. The Hall–Kier alpha value is -3.00. The zero-order valence-corrected chi connectivity index (χ0v) is 18.6. The summed E-state index contributed by atoms with van der Waals surface area (Å²) in [5, 5.41) is 1.46. The molecular weight excluding hydrogens is 421 g/mol. The minimum Gasteiger partial charge on any atom is -0.362 e. The molecule has 0 spiro atoms. The number of hydrogen-bond acceptors (Lipinski definition) is 1. The van der Waals surface area contributed by atoms with E-state index in [9.17, 15) is 0 Å². The fraction of sp³-hybridized carbons (Fsp3) is 0.0714. The van der Waals surface area contributed by atoms with Crippen molar-refractivity contribution in [3.05, 3.63) is 141 Å². The Morgan fingerprint density at radius 1 is 0.581 bits per heavy atom. The summed E-state index contributed by atoms with van der Waals surface area (Å²) in [6, 6.07) is 37.1. The summed E-state index contributed by atoms with van der Waals surface area (Å²) < 4.78 is 0. The lowest BCUT2D eigenvalue weighted by Crippen LogP contribution is -2.21. The van der Waals surface area contributed by atoms with Crippen molar-refractivity contribution in [3.8, 4) is 0 Å². The summed E-state index contributed by atoms with van der Waals surface area (Å²) in [5.41, 5.74) is 5.86. The molecule has 0 amide bonds. The first kappa shape index (κ1) is 21.2. The predicted molar refractivity (Wildman–Crippen MR) is 133 cm³/mol. The number of halogens is 2. The first-order valence-corrected chi connectivity index (χ1v) is 11.0. The van der Waals surface area contributed by atoms with Gasteiger partial charge in [-0.2, -0.15) is 0 Å². The molecule has 0 atom stereocenters. The Morgan fingerprint density at radius 2 is 1.03 bits per heavy atom. The van der Waals surface area contributed by atoms with Crippen molar-refractivity contribution in [1.82, 2.24) is 4.90 Å². The maximum Gasteiger partial charge on any atom is 0.0451 e. The molecule has 4 rings (SSSR count). The fourth-order valence-corrected chi connectivity index (χ4v) is 3.78. The molecule has 0 bridgehead atoms. The van der Waals surface area contributed by atoms with Crippen LogP contribution in [0.5, 0.6) is 0 Å². The molecule has 4 aromatic rings. The Kier molecular flexibility index (Phi) is 7.09. The van der Waals surface area contributed by atoms with Crippen molar-refractivity contribution in [2.75, 3.05) is 0 Å². The molecule has 4 aromatic carbocycles. The largest absolute Gasteiger partial charge is 0.362 e. The fourth-order valence-electron chi connectivity index (χ4n) is 3.53. The van der Waals surface area contributed by atoms with Crippen molar-refractivity contribution in [1.29, 1.82) is 0 Å². The molecule has 0 radical (unpaired) electrons. The third-order valence-electron chi connectivity index (χ3n) is 5.09. The lowest BCUT2D eigenvalue weighted by atomic mass is 10.0. The molecular formula is C28H23Cl2N. The minimum atomic E-state index is 0.729. The lowest BCUT2D eigenvalue weighted by molar-refractivity contribution is 0.385. The summed E-state index contributed by atoms with van der Waals surface area (Å²) in [7, 11) is 0. The van der Waals surface area contributed by atoms with E-state index in [0.717, 1.165) is 40.0 Å². The number of hydrogen-bond donors (Lipinski definition) is 0. The highest BCUT2D eigenvalue weighted by molar-refractivity contribution is 6.30. The maximum absolute atomic E-state index is 6.19. The Bertz CT molecular complexity index is 1080. The molecule has 0 aromatic heterocycles. The first-order chi connectivity index (χ1) is 15.2. The van der Waals surface area contributed by atoms with Gasteiger partial charge in [0.25, 0.3) is 0 Å². The van der Waals surface area contributed by atoms with E-state index < -0.39 is 0 Å². The van der Waals surface area contributed by atoms with Crippen LogP contribution in [0.15, 0.2) is 109 Å². The molecule has 31 heavy (non-hydrogen) atoms. The lowest BCUT2D eigenvalue weighted by Gasteiger charge is -2.29. The van der Waals surface area contributed by atoms with Gasteiger partial charge < -0.3 is 4.90 Å². The molecule has 1 nitrogen and oxygen atoms in total. The molecule has 0 aliphatic heterocycles. The van der Waals surface area contributed by atoms with Gasteiger partial charge in [0.1, 0.15) is 0 Å². The van der Waals surface area contributed by atoms with Gasteiger partial charge in [-0.15, -0.1) is 0 Å². The van der Waals surface area contributed by atoms with Crippen molar-refractivity contribution in [2.24, 2.45) is 0 Å². The highest BCUT2D eigenvalue weighted by Crippen LogP contribution is 2.28. The SMILES string of the molecule is Clc1ccc(/C=C(\c2ccc(Cl)cc2)N(Cc2ccccc2)Cc2ccccc2)cc1.